The van der Waals surface area contributed by atoms with Crippen molar-refractivity contribution in [2.45, 2.75) is 0 Å². The van der Waals surface area contributed by atoms with Crippen LogP contribution in [0.4, 0.5) is 21.6 Å². The molecular weight excluding hydrogens is 329 g/mol. The Labute approximate surface area is 143 Å². The number of aromatic nitrogens is 1. The second-order valence-electron chi connectivity index (χ2n) is 5.03. The SMILES string of the molecule is O=C(Nc1ccc(Nc2ccc(F)cc2)cn1)c1ccc(Cl)cc1. The van der Waals surface area contributed by atoms with Crippen LogP contribution in [0.1, 0.15) is 10.4 Å². The summed E-state index contributed by atoms with van der Waals surface area (Å²) < 4.78 is 12.9. The molecule has 1 aromatic heterocycles. The van der Waals surface area contributed by atoms with Crippen LogP contribution in [0, 0.1) is 5.82 Å². The smallest absolute Gasteiger partial charge is 0.256 e. The van der Waals surface area contributed by atoms with Gasteiger partial charge in [-0.25, -0.2) is 9.37 Å². The summed E-state index contributed by atoms with van der Waals surface area (Å²) in [7, 11) is 0. The molecule has 0 bridgehead atoms. The van der Waals surface area contributed by atoms with Crippen molar-refractivity contribution in [2.75, 3.05) is 10.6 Å². The van der Waals surface area contributed by atoms with Crippen LogP contribution in [0.3, 0.4) is 0 Å². The van der Waals surface area contributed by atoms with E-state index < -0.39 is 0 Å². The highest BCUT2D eigenvalue weighted by atomic mass is 35.5. The van der Waals surface area contributed by atoms with Crippen LogP contribution in [-0.2, 0) is 0 Å². The van der Waals surface area contributed by atoms with Gasteiger partial charge in [0.1, 0.15) is 11.6 Å². The molecule has 24 heavy (non-hydrogen) atoms. The van der Waals surface area contributed by atoms with E-state index >= 15 is 0 Å². The minimum Gasteiger partial charge on any atom is -0.354 e. The van der Waals surface area contributed by atoms with E-state index in [0.717, 1.165) is 11.4 Å². The summed E-state index contributed by atoms with van der Waals surface area (Å²) in [6, 6.07) is 16.0. The summed E-state index contributed by atoms with van der Waals surface area (Å²) in [6.45, 7) is 0. The van der Waals surface area contributed by atoms with Gasteiger partial charge in [0.05, 0.1) is 11.9 Å². The number of nitrogens with zero attached hydrogens (tertiary/aromatic N) is 1. The maximum atomic E-state index is 12.9. The number of halogens is 2. The normalized spacial score (nSPS) is 10.2. The molecule has 0 spiro atoms. The van der Waals surface area contributed by atoms with Gasteiger partial charge in [-0.3, -0.25) is 4.79 Å². The summed E-state index contributed by atoms with van der Waals surface area (Å²) in [6.07, 6.45) is 1.58. The van der Waals surface area contributed by atoms with Crippen LogP contribution >= 0.6 is 11.6 Å². The van der Waals surface area contributed by atoms with E-state index in [9.17, 15) is 9.18 Å². The molecule has 2 N–H and O–H groups in total. The van der Waals surface area contributed by atoms with Crippen molar-refractivity contribution in [3.8, 4) is 0 Å². The third-order valence-electron chi connectivity index (χ3n) is 3.24. The molecule has 0 aliphatic carbocycles. The van der Waals surface area contributed by atoms with E-state index in [4.69, 9.17) is 11.6 Å². The number of benzene rings is 2. The molecule has 120 valence electrons. The van der Waals surface area contributed by atoms with Crippen LogP contribution in [0.2, 0.25) is 5.02 Å². The predicted octanol–water partition coefficient (Wildman–Crippen LogP) is 4.87. The lowest BCUT2D eigenvalue weighted by atomic mass is 10.2. The molecule has 1 heterocycles. The lowest BCUT2D eigenvalue weighted by Gasteiger charge is -2.08. The maximum absolute atomic E-state index is 12.9. The molecule has 2 aromatic carbocycles. The van der Waals surface area contributed by atoms with Gasteiger partial charge in [-0.05, 0) is 60.7 Å². The number of rotatable bonds is 4. The van der Waals surface area contributed by atoms with E-state index in [1.165, 1.54) is 12.1 Å². The van der Waals surface area contributed by atoms with Crippen LogP contribution in [-0.4, -0.2) is 10.9 Å². The minimum absolute atomic E-state index is 0.265. The van der Waals surface area contributed by atoms with Gasteiger partial charge >= 0.3 is 0 Å². The Balaban J connectivity index is 1.64. The number of hydrogen-bond acceptors (Lipinski definition) is 3. The molecule has 1 amide bonds. The van der Waals surface area contributed by atoms with E-state index in [1.807, 2.05) is 0 Å². The molecule has 0 aliphatic rings. The lowest BCUT2D eigenvalue weighted by molar-refractivity contribution is 0.102. The number of pyridine rings is 1. The van der Waals surface area contributed by atoms with Crippen molar-refractivity contribution in [2.24, 2.45) is 0 Å². The van der Waals surface area contributed by atoms with Gasteiger partial charge in [0.2, 0.25) is 0 Å². The molecular formula is C18H13ClFN3O. The molecule has 0 radical (unpaired) electrons. The fraction of sp³-hybridized carbons (Fsp3) is 0. The Bertz CT molecular complexity index is 834. The first-order valence-corrected chi connectivity index (χ1v) is 7.53. The quantitative estimate of drug-likeness (QED) is 0.711. The molecule has 0 atom stereocenters. The molecule has 0 unspecified atom stereocenters. The molecule has 3 aromatic rings. The Morgan fingerprint density at radius 2 is 1.58 bits per heavy atom. The molecule has 0 fully saturated rings. The molecule has 6 heteroatoms. The number of carbonyl (C=O) groups is 1. The van der Waals surface area contributed by atoms with Gasteiger partial charge in [0, 0.05) is 16.3 Å². The van der Waals surface area contributed by atoms with E-state index in [2.05, 4.69) is 15.6 Å². The first kappa shape index (κ1) is 16.0. The van der Waals surface area contributed by atoms with Crippen molar-refractivity contribution >= 4 is 34.7 Å². The average Bonchev–Trinajstić information content (AvgIpc) is 2.59. The molecule has 0 aliphatic heterocycles. The molecule has 0 saturated carbocycles. The first-order chi connectivity index (χ1) is 11.6. The van der Waals surface area contributed by atoms with Crippen molar-refractivity contribution in [1.29, 1.82) is 0 Å². The highest BCUT2D eigenvalue weighted by Crippen LogP contribution is 2.18. The van der Waals surface area contributed by atoms with Gasteiger partial charge in [0.15, 0.2) is 0 Å². The fourth-order valence-corrected chi connectivity index (χ4v) is 2.16. The predicted molar refractivity (Wildman–Crippen MR) is 93.3 cm³/mol. The van der Waals surface area contributed by atoms with Crippen LogP contribution in [0.5, 0.6) is 0 Å². The Morgan fingerprint density at radius 1 is 0.917 bits per heavy atom. The second kappa shape index (κ2) is 7.10. The summed E-state index contributed by atoms with van der Waals surface area (Å²) in [5.41, 5.74) is 1.97. The van der Waals surface area contributed by atoms with Gasteiger partial charge in [-0.15, -0.1) is 0 Å². The van der Waals surface area contributed by atoms with Crippen LogP contribution in [0.25, 0.3) is 0 Å². The Kier molecular flexibility index (Phi) is 4.72. The highest BCUT2D eigenvalue weighted by Gasteiger charge is 2.06. The van der Waals surface area contributed by atoms with Crippen LogP contribution in [0.15, 0.2) is 66.9 Å². The van der Waals surface area contributed by atoms with Crippen molar-refractivity contribution in [3.05, 3.63) is 83.3 Å². The number of amides is 1. The van der Waals surface area contributed by atoms with Gasteiger partial charge in [0.25, 0.3) is 5.91 Å². The van der Waals surface area contributed by atoms with Crippen molar-refractivity contribution in [3.63, 3.8) is 0 Å². The lowest BCUT2D eigenvalue weighted by Crippen LogP contribution is -2.12. The monoisotopic (exact) mass is 341 g/mol. The summed E-state index contributed by atoms with van der Waals surface area (Å²) in [4.78, 5) is 16.3. The summed E-state index contributed by atoms with van der Waals surface area (Å²) in [5, 5.41) is 6.37. The van der Waals surface area contributed by atoms with E-state index in [0.29, 0.717) is 16.4 Å². The van der Waals surface area contributed by atoms with E-state index in [1.54, 1.807) is 54.7 Å². The zero-order valence-corrected chi connectivity index (χ0v) is 13.2. The number of hydrogen-bond donors (Lipinski definition) is 2. The zero-order chi connectivity index (χ0) is 16.9. The first-order valence-electron chi connectivity index (χ1n) is 7.16. The van der Waals surface area contributed by atoms with Crippen LogP contribution < -0.4 is 10.6 Å². The summed E-state index contributed by atoms with van der Waals surface area (Å²) in [5.74, 6) is -0.128. The maximum Gasteiger partial charge on any atom is 0.256 e. The van der Waals surface area contributed by atoms with Gasteiger partial charge in [-0.2, -0.15) is 0 Å². The minimum atomic E-state index is -0.293. The van der Waals surface area contributed by atoms with Gasteiger partial charge in [-0.1, -0.05) is 11.6 Å². The van der Waals surface area contributed by atoms with Gasteiger partial charge < -0.3 is 10.6 Å². The van der Waals surface area contributed by atoms with E-state index in [-0.39, 0.29) is 11.7 Å². The number of carbonyl (C=O) groups excluding carboxylic acids is 1. The number of nitrogens with one attached hydrogen (secondary N) is 2. The topological polar surface area (TPSA) is 54.0 Å². The number of anilines is 3. The van der Waals surface area contributed by atoms with Crippen molar-refractivity contribution < 1.29 is 9.18 Å². The summed E-state index contributed by atoms with van der Waals surface area (Å²) >= 11 is 5.80. The molecule has 4 nitrogen and oxygen atoms in total. The Hall–Kier alpha value is -2.92. The third kappa shape index (κ3) is 4.08. The second-order valence-corrected chi connectivity index (χ2v) is 5.46. The zero-order valence-electron chi connectivity index (χ0n) is 12.5. The average molecular weight is 342 g/mol. The largest absolute Gasteiger partial charge is 0.354 e. The van der Waals surface area contributed by atoms with Crippen molar-refractivity contribution in [1.82, 2.24) is 4.98 Å². The fourth-order valence-electron chi connectivity index (χ4n) is 2.03. The molecule has 0 saturated heterocycles. The Morgan fingerprint density at radius 3 is 2.21 bits per heavy atom. The third-order valence-corrected chi connectivity index (χ3v) is 3.50. The standard InChI is InChI=1S/C18H13ClFN3O/c19-13-3-1-12(2-4-13)18(24)23-17-10-9-16(11-21-17)22-15-7-5-14(20)6-8-15/h1-11,22H,(H,21,23,24). The highest BCUT2D eigenvalue weighted by molar-refractivity contribution is 6.30. The molecule has 3 rings (SSSR count).